The molecule has 15 heavy (non-hydrogen) atoms. The van der Waals surface area contributed by atoms with Crippen LogP contribution in [0.3, 0.4) is 0 Å². The maximum atomic E-state index is 6.13. The Hall–Kier alpha value is -0.310. The van der Waals surface area contributed by atoms with Crippen LogP contribution in [0.2, 0.25) is 10.0 Å². The van der Waals surface area contributed by atoms with Crippen LogP contribution in [0.4, 0.5) is 0 Å². The van der Waals surface area contributed by atoms with Crippen molar-refractivity contribution >= 4 is 23.2 Å². The Morgan fingerprint density at radius 3 is 2.60 bits per heavy atom. The molecule has 0 radical (unpaired) electrons. The number of rotatable bonds is 4. The van der Waals surface area contributed by atoms with Crippen LogP contribution in [0.25, 0.3) is 0 Å². The Labute approximate surface area is 101 Å². The van der Waals surface area contributed by atoms with E-state index in [1.807, 2.05) is 7.05 Å². The second kappa shape index (κ2) is 5.69. The summed E-state index contributed by atoms with van der Waals surface area (Å²) in [6, 6.07) is 2.09. The lowest BCUT2D eigenvalue weighted by Crippen LogP contribution is -2.29. The third-order valence-corrected chi connectivity index (χ3v) is 3.20. The molecule has 1 heterocycles. The van der Waals surface area contributed by atoms with Crippen LogP contribution in [0, 0.1) is 0 Å². The highest BCUT2D eigenvalue weighted by atomic mass is 35.5. The van der Waals surface area contributed by atoms with Crippen LogP contribution < -0.4 is 5.32 Å². The Balaban J connectivity index is 3.01. The van der Waals surface area contributed by atoms with E-state index in [0.717, 1.165) is 12.1 Å². The molecular formula is C11H16Cl2N2. The van der Waals surface area contributed by atoms with Crippen LogP contribution >= 0.6 is 23.2 Å². The molecule has 0 spiro atoms. The Bertz CT molecular complexity index is 328. The number of halogens is 2. The van der Waals surface area contributed by atoms with Crippen LogP contribution in [0.5, 0.6) is 0 Å². The van der Waals surface area contributed by atoms with Crippen molar-refractivity contribution in [2.24, 2.45) is 0 Å². The van der Waals surface area contributed by atoms with Crippen molar-refractivity contribution in [1.29, 1.82) is 0 Å². The third-order valence-electron chi connectivity index (χ3n) is 2.69. The molecule has 2 atom stereocenters. The lowest BCUT2D eigenvalue weighted by molar-refractivity contribution is 0.474. The van der Waals surface area contributed by atoms with Crippen molar-refractivity contribution in [3.63, 3.8) is 0 Å². The molecule has 0 aliphatic rings. The number of likely N-dealkylation sites (N-methyl/N-ethyl adjacent to an activating group) is 1. The van der Waals surface area contributed by atoms with E-state index in [0.29, 0.717) is 22.0 Å². The second-order valence-corrected chi connectivity index (χ2v) is 4.46. The molecular weight excluding hydrogens is 231 g/mol. The fraction of sp³-hybridized carbons (Fsp3) is 0.545. The summed E-state index contributed by atoms with van der Waals surface area (Å²) in [5.74, 6) is 0.319. The van der Waals surface area contributed by atoms with Crippen molar-refractivity contribution in [1.82, 2.24) is 10.3 Å². The van der Waals surface area contributed by atoms with Gasteiger partial charge in [-0.05, 0) is 26.5 Å². The van der Waals surface area contributed by atoms with Gasteiger partial charge in [-0.15, -0.1) is 0 Å². The van der Waals surface area contributed by atoms with Crippen LogP contribution in [-0.2, 0) is 0 Å². The lowest BCUT2D eigenvalue weighted by atomic mass is 9.94. The molecule has 4 heteroatoms. The minimum absolute atomic E-state index is 0.319. The third kappa shape index (κ3) is 3.07. The number of hydrogen-bond acceptors (Lipinski definition) is 2. The molecule has 0 aliphatic heterocycles. The fourth-order valence-electron chi connectivity index (χ4n) is 1.68. The first-order chi connectivity index (χ1) is 7.10. The van der Waals surface area contributed by atoms with Crippen LogP contribution in [-0.4, -0.2) is 18.1 Å². The van der Waals surface area contributed by atoms with E-state index < -0.39 is 0 Å². The smallest absolute Gasteiger partial charge is 0.0639 e. The molecule has 2 nitrogen and oxygen atoms in total. The van der Waals surface area contributed by atoms with Crippen LogP contribution in [0.1, 0.15) is 31.9 Å². The summed E-state index contributed by atoms with van der Waals surface area (Å²) in [4.78, 5) is 4.31. The SMILES string of the molecule is CCC(c1ncc(Cl)cc1Cl)C(C)NC. The summed E-state index contributed by atoms with van der Waals surface area (Å²) in [6.07, 6.45) is 2.64. The maximum absolute atomic E-state index is 6.13. The van der Waals surface area contributed by atoms with E-state index in [-0.39, 0.29) is 0 Å². The molecule has 1 N–H and O–H groups in total. The summed E-state index contributed by atoms with van der Waals surface area (Å²) in [7, 11) is 1.94. The average Bonchev–Trinajstić information content (AvgIpc) is 2.21. The molecule has 1 rings (SSSR count). The average molecular weight is 247 g/mol. The number of aromatic nitrogens is 1. The van der Waals surface area contributed by atoms with Gasteiger partial charge in [0.1, 0.15) is 0 Å². The highest BCUT2D eigenvalue weighted by molar-refractivity contribution is 6.34. The molecule has 0 aromatic carbocycles. The Morgan fingerprint density at radius 2 is 2.13 bits per heavy atom. The predicted molar refractivity (Wildman–Crippen MR) is 65.8 cm³/mol. The monoisotopic (exact) mass is 246 g/mol. The van der Waals surface area contributed by atoms with E-state index in [4.69, 9.17) is 23.2 Å². The van der Waals surface area contributed by atoms with Crippen molar-refractivity contribution in [2.75, 3.05) is 7.05 Å². The van der Waals surface area contributed by atoms with E-state index >= 15 is 0 Å². The van der Waals surface area contributed by atoms with Gasteiger partial charge in [-0.25, -0.2) is 0 Å². The summed E-state index contributed by atoms with van der Waals surface area (Å²) in [6.45, 7) is 4.26. The van der Waals surface area contributed by atoms with Crippen molar-refractivity contribution < 1.29 is 0 Å². The molecule has 1 aromatic heterocycles. The first kappa shape index (κ1) is 12.8. The number of nitrogens with one attached hydrogen (secondary N) is 1. The zero-order chi connectivity index (χ0) is 11.4. The highest BCUT2D eigenvalue weighted by Gasteiger charge is 2.20. The standard InChI is InChI=1S/C11H16Cl2N2/c1-4-9(7(2)14-3)11-10(13)5-8(12)6-15-11/h5-7,9,14H,4H2,1-3H3. The number of nitrogens with zero attached hydrogens (tertiary/aromatic N) is 1. The predicted octanol–water partition coefficient (Wildman–Crippen LogP) is 3.49. The first-order valence-corrected chi connectivity index (χ1v) is 5.84. The minimum atomic E-state index is 0.319. The zero-order valence-corrected chi connectivity index (χ0v) is 10.7. The van der Waals surface area contributed by atoms with Gasteiger partial charge in [0.25, 0.3) is 0 Å². The summed E-state index contributed by atoms with van der Waals surface area (Å²) in [5.41, 5.74) is 0.922. The largest absolute Gasteiger partial charge is 0.317 e. The van der Waals surface area contributed by atoms with E-state index in [9.17, 15) is 0 Å². The number of hydrogen-bond donors (Lipinski definition) is 1. The van der Waals surface area contributed by atoms with Gasteiger partial charge in [0, 0.05) is 18.2 Å². The highest BCUT2D eigenvalue weighted by Crippen LogP contribution is 2.29. The topological polar surface area (TPSA) is 24.9 Å². The first-order valence-electron chi connectivity index (χ1n) is 5.08. The molecule has 84 valence electrons. The van der Waals surface area contributed by atoms with Gasteiger partial charge in [0.05, 0.1) is 15.7 Å². The quantitative estimate of drug-likeness (QED) is 0.880. The molecule has 0 saturated heterocycles. The van der Waals surface area contributed by atoms with Crippen LogP contribution in [0.15, 0.2) is 12.3 Å². The molecule has 1 aromatic rings. The fourth-order valence-corrected chi connectivity index (χ4v) is 2.20. The maximum Gasteiger partial charge on any atom is 0.0639 e. The summed E-state index contributed by atoms with van der Waals surface area (Å²) >= 11 is 11.9. The molecule has 0 saturated carbocycles. The van der Waals surface area contributed by atoms with E-state index in [2.05, 4.69) is 24.1 Å². The molecule has 2 unspecified atom stereocenters. The Kier molecular flexibility index (Phi) is 4.84. The molecule has 0 bridgehead atoms. The number of pyridine rings is 1. The van der Waals surface area contributed by atoms with Gasteiger partial charge >= 0.3 is 0 Å². The lowest BCUT2D eigenvalue weighted by Gasteiger charge is -2.22. The van der Waals surface area contributed by atoms with Gasteiger partial charge in [-0.3, -0.25) is 4.98 Å². The minimum Gasteiger partial charge on any atom is -0.317 e. The van der Waals surface area contributed by atoms with Crippen molar-refractivity contribution in [2.45, 2.75) is 32.2 Å². The van der Waals surface area contributed by atoms with Gasteiger partial charge < -0.3 is 5.32 Å². The van der Waals surface area contributed by atoms with E-state index in [1.165, 1.54) is 0 Å². The summed E-state index contributed by atoms with van der Waals surface area (Å²) in [5, 5.41) is 4.45. The zero-order valence-electron chi connectivity index (χ0n) is 9.22. The van der Waals surface area contributed by atoms with Gasteiger partial charge in [-0.1, -0.05) is 30.1 Å². The van der Waals surface area contributed by atoms with Gasteiger partial charge in [0.2, 0.25) is 0 Å². The molecule has 0 fully saturated rings. The normalized spacial score (nSPS) is 15.0. The van der Waals surface area contributed by atoms with Gasteiger partial charge in [-0.2, -0.15) is 0 Å². The summed E-state index contributed by atoms with van der Waals surface area (Å²) < 4.78 is 0. The van der Waals surface area contributed by atoms with Gasteiger partial charge in [0.15, 0.2) is 0 Å². The Morgan fingerprint density at radius 1 is 1.47 bits per heavy atom. The van der Waals surface area contributed by atoms with Crippen molar-refractivity contribution in [3.8, 4) is 0 Å². The van der Waals surface area contributed by atoms with Crippen molar-refractivity contribution in [3.05, 3.63) is 28.0 Å². The molecule has 0 aliphatic carbocycles. The van der Waals surface area contributed by atoms with E-state index in [1.54, 1.807) is 12.3 Å². The second-order valence-electron chi connectivity index (χ2n) is 3.61. The molecule has 0 amide bonds.